The van der Waals surface area contributed by atoms with E-state index in [4.69, 9.17) is 0 Å². The quantitative estimate of drug-likeness (QED) is 0.571. The molecule has 0 aromatic carbocycles. The van der Waals surface area contributed by atoms with Crippen molar-refractivity contribution < 1.29 is 26.3 Å². The van der Waals surface area contributed by atoms with Gasteiger partial charge in [0.1, 0.15) is 17.1 Å². The summed E-state index contributed by atoms with van der Waals surface area (Å²) < 4.78 is 78.1. The van der Waals surface area contributed by atoms with E-state index < -0.39 is 23.7 Å². The van der Waals surface area contributed by atoms with Crippen LogP contribution in [0.15, 0.2) is 36.5 Å². The van der Waals surface area contributed by atoms with Crippen LogP contribution in [0.4, 0.5) is 43.9 Å². The number of alkyl halides is 6. The van der Waals surface area contributed by atoms with Gasteiger partial charge in [0.05, 0.1) is 0 Å². The first-order valence-electron chi connectivity index (χ1n) is 9.45. The zero-order valence-corrected chi connectivity index (χ0v) is 16.2. The molecule has 4 heterocycles. The van der Waals surface area contributed by atoms with Gasteiger partial charge in [-0.05, 0) is 37.1 Å². The minimum Gasteiger partial charge on any atom is -0.341 e. The molecule has 32 heavy (non-hydrogen) atoms. The number of rotatable bonds is 4. The molecule has 168 valence electrons. The molecule has 0 unspecified atom stereocenters. The zero-order chi connectivity index (χ0) is 22.9. The van der Waals surface area contributed by atoms with Crippen LogP contribution in [0.25, 0.3) is 11.5 Å². The molecule has 1 saturated heterocycles. The smallest absolute Gasteiger partial charge is 0.341 e. The predicted octanol–water partition coefficient (Wildman–Crippen LogP) is 4.71. The largest absolute Gasteiger partial charge is 0.433 e. The minimum absolute atomic E-state index is 0.00819. The summed E-state index contributed by atoms with van der Waals surface area (Å²) in [5.41, 5.74) is -2.36. The van der Waals surface area contributed by atoms with Crippen molar-refractivity contribution in [3.8, 4) is 11.5 Å². The van der Waals surface area contributed by atoms with Crippen molar-refractivity contribution >= 4 is 17.6 Å². The SMILES string of the molecule is FC(F)(F)c1cc(Nc2nc(-c3cccc(C(F)(F)F)n3)nc(N3CCCC3)n2)ccn1. The molecule has 0 spiro atoms. The van der Waals surface area contributed by atoms with E-state index in [0.717, 1.165) is 31.2 Å². The van der Waals surface area contributed by atoms with Gasteiger partial charge >= 0.3 is 12.4 Å². The maximum Gasteiger partial charge on any atom is 0.433 e. The summed E-state index contributed by atoms with van der Waals surface area (Å²) in [6.45, 7) is 1.26. The predicted molar refractivity (Wildman–Crippen MR) is 102 cm³/mol. The van der Waals surface area contributed by atoms with E-state index in [2.05, 4.69) is 30.2 Å². The molecule has 0 amide bonds. The highest BCUT2D eigenvalue weighted by atomic mass is 19.4. The van der Waals surface area contributed by atoms with E-state index in [0.29, 0.717) is 13.1 Å². The molecule has 1 aliphatic rings. The second-order valence-electron chi connectivity index (χ2n) is 6.94. The Labute approximate surface area is 177 Å². The fourth-order valence-electron chi connectivity index (χ4n) is 3.10. The normalized spacial score (nSPS) is 14.6. The van der Waals surface area contributed by atoms with Crippen LogP contribution in [0.2, 0.25) is 0 Å². The molecule has 0 atom stereocenters. The minimum atomic E-state index is -4.66. The summed E-state index contributed by atoms with van der Waals surface area (Å²) in [6, 6.07) is 5.38. The first-order valence-corrected chi connectivity index (χ1v) is 9.45. The van der Waals surface area contributed by atoms with Crippen molar-refractivity contribution in [2.75, 3.05) is 23.3 Å². The lowest BCUT2D eigenvalue weighted by atomic mass is 10.3. The third-order valence-corrected chi connectivity index (χ3v) is 4.59. The van der Waals surface area contributed by atoms with Gasteiger partial charge in [-0.25, -0.2) is 4.98 Å². The van der Waals surface area contributed by atoms with Crippen molar-refractivity contribution in [2.45, 2.75) is 25.2 Å². The number of pyridine rings is 2. The van der Waals surface area contributed by atoms with Gasteiger partial charge in [-0.2, -0.15) is 41.3 Å². The van der Waals surface area contributed by atoms with Crippen LogP contribution in [0.3, 0.4) is 0 Å². The van der Waals surface area contributed by atoms with Crippen LogP contribution in [-0.2, 0) is 12.4 Å². The van der Waals surface area contributed by atoms with E-state index in [1.165, 1.54) is 18.2 Å². The van der Waals surface area contributed by atoms with Crippen LogP contribution in [0.5, 0.6) is 0 Å². The second kappa shape index (κ2) is 8.20. The highest BCUT2D eigenvalue weighted by Crippen LogP contribution is 2.31. The molecule has 1 N–H and O–H groups in total. The monoisotopic (exact) mass is 455 g/mol. The Morgan fingerprint density at radius 2 is 1.53 bits per heavy atom. The number of aromatic nitrogens is 5. The summed E-state index contributed by atoms with van der Waals surface area (Å²) in [5, 5.41) is 2.66. The van der Waals surface area contributed by atoms with E-state index in [-0.39, 0.29) is 29.1 Å². The molecule has 0 bridgehead atoms. The third kappa shape index (κ3) is 4.86. The van der Waals surface area contributed by atoms with Crippen LogP contribution < -0.4 is 10.2 Å². The lowest BCUT2D eigenvalue weighted by Gasteiger charge is -2.17. The standard InChI is InChI=1S/C19H15F6N7/c20-18(21,22)13-5-3-4-12(28-13)15-29-16(31-17(30-15)32-8-1-2-9-32)27-11-6-7-26-14(10-11)19(23,24)25/h3-7,10H,1-2,8-9H2,(H,26,27,29,30,31). The molecule has 1 fully saturated rings. The summed E-state index contributed by atoms with van der Waals surface area (Å²) in [4.78, 5) is 21.3. The maximum absolute atomic E-state index is 13.1. The maximum atomic E-state index is 13.1. The topological polar surface area (TPSA) is 79.7 Å². The summed E-state index contributed by atoms with van der Waals surface area (Å²) >= 11 is 0. The van der Waals surface area contributed by atoms with E-state index >= 15 is 0 Å². The fourth-order valence-corrected chi connectivity index (χ4v) is 3.10. The number of hydrogen-bond acceptors (Lipinski definition) is 7. The lowest BCUT2D eigenvalue weighted by Crippen LogP contribution is -2.21. The molecule has 3 aromatic rings. The number of nitrogens with zero attached hydrogens (tertiary/aromatic N) is 6. The van der Waals surface area contributed by atoms with Gasteiger partial charge in [-0.1, -0.05) is 6.07 Å². The molecule has 1 aliphatic heterocycles. The van der Waals surface area contributed by atoms with Crippen LogP contribution in [0, 0.1) is 0 Å². The molecule has 13 heteroatoms. The highest BCUT2D eigenvalue weighted by Gasteiger charge is 2.33. The molecule has 0 radical (unpaired) electrons. The Kier molecular flexibility index (Phi) is 5.57. The lowest BCUT2D eigenvalue weighted by molar-refractivity contribution is -0.141. The van der Waals surface area contributed by atoms with Gasteiger partial charge in [0.2, 0.25) is 11.9 Å². The van der Waals surface area contributed by atoms with Gasteiger partial charge in [-0.3, -0.25) is 4.98 Å². The van der Waals surface area contributed by atoms with Crippen molar-refractivity contribution in [1.82, 2.24) is 24.9 Å². The average molecular weight is 455 g/mol. The number of hydrogen-bond donors (Lipinski definition) is 1. The summed E-state index contributed by atoms with van der Waals surface area (Å²) in [5.74, 6) is -0.0738. The fraction of sp³-hybridized carbons (Fsp3) is 0.316. The molecule has 7 nitrogen and oxygen atoms in total. The Balaban J connectivity index is 1.74. The van der Waals surface area contributed by atoms with Crippen molar-refractivity contribution in [1.29, 1.82) is 0 Å². The molecular weight excluding hydrogens is 440 g/mol. The van der Waals surface area contributed by atoms with Crippen LogP contribution in [0.1, 0.15) is 24.2 Å². The molecular formula is C19H15F6N7. The Morgan fingerprint density at radius 3 is 2.22 bits per heavy atom. The molecule has 4 rings (SSSR count). The van der Waals surface area contributed by atoms with Gasteiger partial charge in [0.15, 0.2) is 5.82 Å². The average Bonchev–Trinajstić information content (AvgIpc) is 3.28. The first-order chi connectivity index (χ1) is 15.1. The number of nitrogens with one attached hydrogen (secondary N) is 1. The summed E-state index contributed by atoms with van der Waals surface area (Å²) in [6.07, 6.45) is -6.57. The Bertz CT molecular complexity index is 1110. The van der Waals surface area contributed by atoms with Gasteiger partial charge < -0.3 is 10.2 Å². The Morgan fingerprint density at radius 1 is 0.812 bits per heavy atom. The van der Waals surface area contributed by atoms with E-state index in [1.54, 1.807) is 0 Å². The zero-order valence-electron chi connectivity index (χ0n) is 16.2. The first kappa shape index (κ1) is 21.7. The highest BCUT2D eigenvalue weighted by molar-refractivity contribution is 5.59. The van der Waals surface area contributed by atoms with Crippen molar-refractivity contribution in [2.24, 2.45) is 0 Å². The van der Waals surface area contributed by atoms with E-state index in [9.17, 15) is 26.3 Å². The van der Waals surface area contributed by atoms with Crippen molar-refractivity contribution in [3.63, 3.8) is 0 Å². The van der Waals surface area contributed by atoms with Gasteiger partial charge in [0.25, 0.3) is 0 Å². The Hall–Kier alpha value is -3.51. The van der Waals surface area contributed by atoms with Crippen LogP contribution in [-0.4, -0.2) is 38.0 Å². The van der Waals surface area contributed by atoms with E-state index in [1.807, 2.05) is 4.90 Å². The van der Waals surface area contributed by atoms with Gasteiger partial charge in [0, 0.05) is 25.0 Å². The summed E-state index contributed by atoms with van der Waals surface area (Å²) in [7, 11) is 0. The molecule has 3 aromatic heterocycles. The molecule has 0 saturated carbocycles. The third-order valence-electron chi connectivity index (χ3n) is 4.59. The molecule has 0 aliphatic carbocycles. The van der Waals surface area contributed by atoms with Gasteiger partial charge in [-0.15, -0.1) is 0 Å². The number of halogens is 6. The second-order valence-corrected chi connectivity index (χ2v) is 6.94. The number of anilines is 3. The van der Waals surface area contributed by atoms with Crippen molar-refractivity contribution in [3.05, 3.63) is 47.9 Å². The van der Waals surface area contributed by atoms with Crippen LogP contribution >= 0.6 is 0 Å².